The zero-order chi connectivity index (χ0) is 20.3. The topological polar surface area (TPSA) is 85.6 Å². The van der Waals surface area contributed by atoms with E-state index >= 15 is 0 Å². The Hall–Kier alpha value is -2.88. The summed E-state index contributed by atoms with van der Waals surface area (Å²) >= 11 is 5.84. The first-order valence-electron chi connectivity index (χ1n) is 8.78. The third-order valence-corrected chi connectivity index (χ3v) is 4.64. The van der Waals surface area contributed by atoms with E-state index in [9.17, 15) is 4.39 Å². The molecule has 1 aromatic heterocycles. The number of ether oxygens (including phenoxy) is 2. The molecule has 2 N–H and O–H groups in total. The van der Waals surface area contributed by atoms with E-state index in [4.69, 9.17) is 21.1 Å². The average molecular weight is 453 g/mol. The molecule has 0 bridgehead atoms. The molecule has 0 radical (unpaired) electrons. The quantitative estimate of drug-likeness (QED) is 0.528. The van der Waals surface area contributed by atoms with Gasteiger partial charge in [-0.05, 0) is 30.3 Å². The van der Waals surface area contributed by atoms with Crippen molar-refractivity contribution in [2.45, 2.75) is 12.4 Å². The smallest absolute Gasteiger partial charge is 0.267 e. The Morgan fingerprint density at radius 2 is 2.13 bits per heavy atom. The van der Waals surface area contributed by atoms with Gasteiger partial charge in [0, 0.05) is 18.2 Å². The minimum atomic E-state index is -1.30. The van der Waals surface area contributed by atoms with Gasteiger partial charge in [0.25, 0.3) is 5.85 Å². The highest BCUT2D eigenvalue weighted by molar-refractivity contribution is 6.30. The third-order valence-electron chi connectivity index (χ3n) is 4.41. The Kier molecular flexibility index (Phi) is 6.76. The maximum atomic E-state index is 14.3. The molecule has 2 aromatic carbocycles. The second kappa shape index (κ2) is 9.29. The van der Waals surface area contributed by atoms with Crippen molar-refractivity contribution in [2.24, 2.45) is 4.99 Å². The van der Waals surface area contributed by atoms with Gasteiger partial charge in [-0.15, -0.1) is 12.4 Å². The van der Waals surface area contributed by atoms with Gasteiger partial charge >= 0.3 is 0 Å². The average Bonchev–Trinajstić information content (AvgIpc) is 3.23. The van der Waals surface area contributed by atoms with Gasteiger partial charge in [-0.3, -0.25) is 0 Å². The Bertz CT molecular complexity index is 1030. The summed E-state index contributed by atoms with van der Waals surface area (Å²) in [6.07, 6.45) is 4.59. The van der Waals surface area contributed by atoms with Crippen molar-refractivity contribution in [1.82, 2.24) is 14.8 Å². The van der Waals surface area contributed by atoms with Gasteiger partial charge in [0.1, 0.15) is 30.8 Å². The number of hydrogen-bond acceptors (Lipinski definition) is 7. The Morgan fingerprint density at radius 3 is 2.87 bits per heavy atom. The molecule has 1 aliphatic heterocycles. The Labute approximate surface area is 183 Å². The summed E-state index contributed by atoms with van der Waals surface area (Å²) in [5, 5.41) is 10.4. The number of halogens is 3. The molecule has 2 heterocycles. The van der Waals surface area contributed by atoms with Crippen LogP contribution in [0.5, 0.6) is 5.75 Å². The first kappa shape index (κ1) is 21.8. The number of fused-ring (bicyclic) bond motifs is 1. The summed E-state index contributed by atoms with van der Waals surface area (Å²) in [6.45, 7) is 1.01. The number of aromatic nitrogens is 3. The van der Waals surface area contributed by atoms with Crippen molar-refractivity contribution in [1.29, 1.82) is 0 Å². The Morgan fingerprint density at radius 1 is 1.27 bits per heavy atom. The van der Waals surface area contributed by atoms with Crippen LogP contribution in [0, 0.1) is 5.82 Å². The van der Waals surface area contributed by atoms with E-state index in [1.54, 1.807) is 23.1 Å². The molecule has 1 aliphatic rings. The van der Waals surface area contributed by atoms with E-state index in [1.165, 1.54) is 31.9 Å². The van der Waals surface area contributed by atoms with Crippen LogP contribution in [0.1, 0.15) is 5.56 Å². The number of rotatable bonds is 7. The molecule has 0 spiro atoms. The van der Waals surface area contributed by atoms with Crippen LogP contribution < -0.4 is 15.4 Å². The van der Waals surface area contributed by atoms with Gasteiger partial charge < -0.3 is 20.1 Å². The molecule has 0 saturated heterocycles. The van der Waals surface area contributed by atoms with E-state index in [0.29, 0.717) is 29.5 Å². The van der Waals surface area contributed by atoms with Gasteiger partial charge in [-0.2, -0.15) is 5.10 Å². The molecule has 1 unspecified atom stereocenters. The molecule has 11 heteroatoms. The van der Waals surface area contributed by atoms with Crippen molar-refractivity contribution in [3.63, 3.8) is 0 Å². The molecule has 1 atom stereocenters. The number of anilines is 2. The van der Waals surface area contributed by atoms with E-state index < -0.39 is 11.7 Å². The van der Waals surface area contributed by atoms with Crippen molar-refractivity contribution in [3.8, 4) is 5.75 Å². The third kappa shape index (κ3) is 4.48. The highest BCUT2D eigenvalue weighted by Gasteiger charge is 2.36. The normalized spacial score (nSPS) is 16.9. The second-order valence-corrected chi connectivity index (χ2v) is 6.65. The molecule has 158 valence electrons. The lowest BCUT2D eigenvalue weighted by Crippen LogP contribution is -2.39. The second-order valence-electron chi connectivity index (χ2n) is 6.21. The molecule has 3 aromatic rings. The van der Waals surface area contributed by atoms with Crippen LogP contribution in [0.4, 0.5) is 15.8 Å². The van der Waals surface area contributed by atoms with Gasteiger partial charge in [-0.1, -0.05) is 11.6 Å². The van der Waals surface area contributed by atoms with Crippen LogP contribution in [0.3, 0.4) is 0 Å². The van der Waals surface area contributed by atoms with E-state index in [0.717, 1.165) is 5.69 Å². The van der Waals surface area contributed by atoms with Gasteiger partial charge in [-0.25, -0.2) is 19.0 Å². The lowest BCUT2D eigenvalue weighted by atomic mass is 10.1. The fraction of sp³-hybridized carbons (Fsp3) is 0.211. The predicted octanol–water partition coefficient (Wildman–Crippen LogP) is 3.89. The van der Waals surface area contributed by atoms with Crippen LogP contribution >= 0.6 is 24.0 Å². The summed E-state index contributed by atoms with van der Waals surface area (Å²) in [5.41, 5.74) is 1.62. The summed E-state index contributed by atoms with van der Waals surface area (Å²) in [7, 11) is 1.50. The largest absolute Gasteiger partial charge is 0.492 e. The molecule has 0 fully saturated rings. The molecule has 0 saturated carbocycles. The zero-order valence-corrected chi connectivity index (χ0v) is 17.5. The SMILES string of the molecule is COC1(Nc2ccc(Cl)cc2F)N=CNc2cc(OCCn3cncn3)ccc21.Cl. The number of hydrogen-bond donors (Lipinski definition) is 2. The maximum Gasteiger partial charge on any atom is 0.267 e. The lowest BCUT2D eigenvalue weighted by Gasteiger charge is -2.34. The number of benzene rings is 2. The minimum absolute atomic E-state index is 0. The molecular formula is C19H19Cl2FN6O2. The highest BCUT2D eigenvalue weighted by atomic mass is 35.5. The maximum absolute atomic E-state index is 14.3. The van der Waals surface area contributed by atoms with Crippen molar-refractivity contribution in [3.05, 3.63) is 65.5 Å². The van der Waals surface area contributed by atoms with Gasteiger partial charge in [0.15, 0.2) is 0 Å². The predicted molar refractivity (Wildman–Crippen MR) is 115 cm³/mol. The molecule has 4 rings (SSSR count). The number of methoxy groups -OCH3 is 1. The summed E-state index contributed by atoms with van der Waals surface area (Å²) in [5.74, 6) is -1.14. The van der Waals surface area contributed by atoms with E-state index in [2.05, 4.69) is 25.7 Å². The molecule has 30 heavy (non-hydrogen) atoms. The number of nitrogens with one attached hydrogen (secondary N) is 2. The van der Waals surface area contributed by atoms with Crippen LogP contribution in [-0.2, 0) is 17.1 Å². The summed E-state index contributed by atoms with van der Waals surface area (Å²) in [6, 6.07) is 9.80. The minimum Gasteiger partial charge on any atom is -0.492 e. The summed E-state index contributed by atoms with van der Waals surface area (Å²) < 4.78 is 27.4. The fourth-order valence-electron chi connectivity index (χ4n) is 2.98. The van der Waals surface area contributed by atoms with Crippen LogP contribution in [0.2, 0.25) is 5.02 Å². The van der Waals surface area contributed by atoms with Crippen molar-refractivity contribution >= 4 is 41.7 Å². The Balaban J connectivity index is 0.00000256. The standard InChI is InChI=1S/C19H18ClFN6O2.ClH/c1-28-19(26-17-5-2-13(20)8-16(17)21)15-4-3-14(9-18(15)23-11-24-19)29-7-6-27-12-22-10-25-27;/h2-5,8-12,26H,6-7H2,1H3,(H,23,24);1H. The van der Waals surface area contributed by atoms with Crippen molar-refractivity contribution < 1.29 is 13.9 Å². The molecule has 0 aliphatic carbocycles. The van der Waals surface area contributed by atoms with E-state index in [1.807, 2.05) is 12.1 Å². The molecule has 0 amide bonds. The summed E-state index contributed by atoms with van der Waals surface area (Å²) in [4.78, 5) is 8.27. The van der Waals surface area contributed by atoms with E-state index in [-0.39, 0.29) is 18.1 Å². The van der Waals surface area contributed by atoms with Gasteiger partial charge in [0.05, 0.1) is 29.8 Å². The number of nitrogens with zero attached hydrogens (tertiary/aromatic N) is 4. The first-order valence-corrected chi connectivity index (χ1v) is 9.16. The van der Waals surface area contributed by atoms with Gasteiger partial charge in [0.2, 0.25) is 0 Å². The lowest BCUT2D eigenvalue weighted by molar-refractivity contribution is 0.0188. The van der Waals surface area contributed by atoms with Crippen molar-refractivity contribution in [2.75, 3.05) is 24.4 Å². The fourth-order valence-corrected chi connectivity index (χ4v) is 3.14. The molecular weight excluding hydrogens is 434 g/mol. The van der Waals surface area contributed by atoms with Crippen LogP contribution in [0.25, 0.3) is 0 Å². The number of aliphatic imine (C=N–C) groups is 1. The highest BCUT2D eigenvalue weighted by Crippen LogP contribution is 2.38. The molecule has 8 nitrogen and oxygen atoms in total. The first-order chi connectivity index (χ1) is 14.1. The van der Waals surface area contributed by atoms with Crippen LogP contribution in [0.15, 0.2) is 54.0 Å². The monoisotopic (exact) mass is 452 g/mol. The zero-order valence-electron chi connectivity index (χ0n) is 15.9. The van der Waals surface area contributed by atoms with Crippen LogP contribution in [-0.4, -0.2) is 34.8 Å².